The van der Waals surface area contributed by atoms with E-state index in [2.05, 4.69) is 21.2 Å². The molecule has 6 heteroatoms. The minimum atomic E-state index is -0.964. The second kappa shape index (κ2) is 8.67. The standard InChI is InChI=1S/C19H20BrNO4/c1-12(14-6-4-3-5-7-14)11-21-18(23)13(2)25-19(24)16-10-15(20)8-9-17(16)22/h3-10,12-13,22H,11H2,1-2H3,(H,21,23)/t12-,13+/m0/s1. The lowest BCUT2D eigenvalue weighted by Gasteiger charge is -2.17. The Morgan fingerprint density at radius 2 is 1.84 bits per heavy atom. The molecule has 0 saturated carbocycles. The van der Waals surface area contributed by atoms with Crippen molar-refractivity contribution in [3.63, 3.8) is 0 Å². The van der Waals surface area contributed by atoms with E-state index in [0.29, 0.717) is 11.0 Å². The molecule has 0 aliphatic rings. The maximum absolute atomic E-state index is 12.1. The summed E-state index contributed by atoms with van der Waals surface area (Å²) < 4.78 is 5.77. The van der Waals surface area contributed by atoms with Crippen LogP contribution in [0.1, 0.15) is 35.7 Å². The molecule has 0 aromatic heterocycles. The zero-order valence-electron chi connectivity index (χ0n) is 14.0. The molecule has 25 heavy (non-hydrogen) atoms. The summed E-state index contributed by atoms with van der Waals surface area (Å²) in [7, 11) is 0. The molecule has 2 atom stereocenters. The predicted molar refractivity (Wildman–Crippen MR) is 98.6 cm³/mol. The zero-order valence-corrected chi connectivity index (χ0v) is 15.6. The smallest absolute Gasteiger partial charge is 0.342 e. The summed E-state index contributed by atoms with van der Waals surface area (Å²) in [6, 6.07) is 14.3. The number of carbonyl (C=O) groups is 2. The van der Waals surface area contributed by atoms with Crippen molar-refractivity contribution >= 4 is 27.8 Å². The van der Waals surface area contributed by atoms with Gasteiger partial charge in [0.25, 0.3) is 5.91 Å². The van der Waals surface area contributed by atoms with Crippen molar-refractivity contribution in [1.29, 1.82) is 0 Å². The fraction of sp³-hybridized carbons (Fsp3) is 0.263. The van der Waals surface area contributed by atoms with Crippen molar-refractivity contribution in [2.75, 3.05) is 6.54 Å². The molecule has 0 saturated heterocycles. The van der Waals surface area contributed by atoms with Gasteiger partial charge in [-0.25, -0.2) is 4.79 Å². The molecule has 2 aromatic carbocycles. The molecule has 132 valence electrons. The van der Waals surface area contributed by atoms with E-state index in [1.165, 1.54) is 19.1 Å². The van der Waals surface area contributed by atoms with E-state index in [1.807, 2.05) is 37.3 Å². The Kier molecular flexibility index (Phi) is 6.58. The third-order valence-electron chi connectivity index (χ3n) is 3.78. The molecule has 0 heterocycles. The fourth-order valence-electron chi connectivity index (χ4n) is 2.25. The van der Waals surface area contributed by atoms with Crippen molar-refractivity contribution in [3.05, 3.63) is 64.1 Å². The van der Waals surface area contributed by atoms with Gasteiger partial charge in [0.2, 0.25) is 0 Å². The summed E-state index contributed by atoms with van der Waals surface area (Å²) >= 11 is 3.22. The third kappa shape index (κ3) is 5.32. The summed E-state index contributed by atoms with van der Waals surface area (Å²) in [6.45, 7) is 3.94. The summed E-state index contributed by atoms with van der Waals surface area (Å²) in [5.74, 6) is -1.19. The molecule has 0 aliphatic heterocycles. The van der Waals surface area contributed by atoms with Crippen molar-refractivity contribution in [2.24, 2.45) is 0 Å². The van der Waals surface area contributed by atoms with Crippen LogP contribution in [0, 0.1) is 0 Å². The molecule has 2 aromatic rings. The van der Waals surface area contributed by atoms with Crippen LogP contribution in [0.3, 0.4) is 0 Å². The van der Waals surface area contributed by atoms with Crippen LogP contribution in [-0.2, 0) is 9.53 Å². The number of phenolic OH excluding ortho intramolecular Hbond substituents is 1. The van der Waals surface area contributed by atoms with Gasteiger partial charge in [0, 0.05) is 11.0 Å². The number of phenols is 1. The van der Waals surface area contributed by atoms with Gasteiger partial charge in [0.05, 0.1) is 0 Å². The number of nitrogens with one attached hydrogen (secondary N) is 1. The van der Waals surface area contributed by atoms with Crippen molar-refractivity contribution in [2.45, 2.75) is 25.9 Å². The van der Waals surface area contributed by atoms with Crippen LogP contribution in [0.4, 0.5) is 0 Å². The maximum Gasteiger partial charge on any atom is 0.342 e. The van der Waals surface area contributed by atoms with E-state index in [1.54, 1.807) is 6.07 Å². The van der Waals surface area contributed by atoms with Gasteiger partial charge in [0.1, 0.15) is 11.3 Å². The van der Waals surface area contributed by atoms with Gasteiger partial charge in [-0.05, 0) is 36.6 Å². The number of ether oxygens (including phenoxy) is 1. The van der Waals surface area contributed by atoms with Crippen molar-refractivity contribution in [1.82, 2.24) is 5.32 Å². The van der Waals surface area contributed by atoms with Gasteiger partial charge in [0.15, 0.2) is 6.10 Å². The molecular weight excluding hydrogens is 386 g/mol. The van der Waals surface area contributed by atoms with E-state index >= 15 is 0 Å². The highest BCUT2D eigenvalue weighted by molar-refractivity contribution is 9.10. The summed E-state index contributed by atoms with van der Waals surface area (Å²) in [4.78, 5) is 24.2. The molecule has 0 spiro atoms. The van der Waals surface area contributed by atoms with Crippen LogP contribution in [0.2, 0.25) is 0 Å². The minimum absolute atomic E-state index is 0.00618. The van der Waals surface area contributed by atoms with Gasteiger partial charge in [-0.1, -0.05) is 53.2 Å². The van der Waals surface area contributed by atoms with Crippen LogP contribution in [0.15, 0.2) is 53.0 Å². The molecule has 2 N–H and O–H groups in total. The number of amides is 1. The predicted octanol–water partition coefficient (Wildman–Crippen LogP) is 3.62. The first-order chi connectivity index (χ1) is 11.9. The lowest BCUT2D eigenvalue weighted by molar-refractivity contribution is -0.129. The van der Waals surface area contributed by atoms with Gasteiger partial charge in [-0.15, -0.1) is 0 Å². The van der Waals surface area contributed by atoms with Crippen LogP contribution in [0.25, 0.3) is 0 Å². The average Bonchev–Trinajstić information content (AvgIpc) is 2.61. The Morgan fingerprint density at radius 1 is 1.16 bits per heavy atom. The third-order valence-corrected chi connectivity index (χ3v) is 4.28. The number of carbonyl (C=O) groups excluding carboxylic acids is 2. The van der Waals surface area contributed by atoms with Crippen molar-refractivity contribution < 1.29 is 19.4 Å². The SMILES string of the molecule is C[C@@H](OC(=O)c1cc(Br)ccc1O)C(=O)NC[C@H](C)c1ccccc1. The maximum atomic E-state index is 12.1. The number of benzene rings is 2. The molecule has 1 amide bonds. The van der Waals surface area contributed by atoms with E-state index in [4.69, 9.17) is 4.74 Å². The molecule has 0 aliphatic carbocycles. The molecule has 5 nitrogen and oxygen atoms in total. The molecule has 0 radical (unpaired) electrons. The normalized spacial score (nSPS) is 12.9. The molecule has 0 unspecified atom stereocenters. The first-order valence-electron chi connectivity index (χ1n) is 7.90. The van der Waals surface area contributed by atoms with E-state index in [9.17, 15) is 14.7 Å². The average molecular weight is 406 g/mol. The number of hydrogen-bond donors (Lipinski definition) is 2. The van der Waals surface area contributed by atoms with Gasteiger partial charge in [-0.2, -0.15) is 0 Å². The van der Waals surface area contributed by atoms with Crippen LogP contribution in [-0.4, -0.2) is 29.6 Å². The van der Waals surface area contributed by atoms with Crippen LogP contribution >= 0.6 is 15.9 Å². The Hall–Kier alpha value is -2.34. The number of hydrogen-bond acceptors (Lipinski definition) is 4. The Bertz CT molecular complexity index is 748. The Balaban J connectivity index is 1.89. The Labute approximate surface area is 155 Å². The number of esters is 1. The summed E-state index contributed by atoms with van der Waals surface area (Å²) in [6.07, 6.45) is -0.964. The topological polar surface area (TPSA) is 75.6 Å². The molecule has 0 fully saturated rings. The van der Waals surface area contributed by atoms with Crippen molar-refractivity contribution in [3.8, 4) is 5.75 Å². The number of halogens is 1. The first-order valence-corrected chi connectivity index (χ1v) is 8.70. The monoisotopic (exact) mass is 405 g/mol. The van der Waals surface area contributed by atoms with Gasteiger partial charge < -0.3 is 15.2 Å². The van der Waals surface area contributed by atoms with Crippen LogP contribution < -0.4 is 5.32 Å². The highest BCUT2D eigenvalue weighted by Crippen LogP contribution is 2.23. The summed E-state index contributed by atoms with van der Waals surface area (Å²) in [5, 5.41) is 12.5. The number of rotatable bonds is 6. The quantitative estimate of drug-likeness (QED) is 0.719. The lowest BCUT2D eigenvalue weighted by atomic mass is 10.0. The highest BCUT2D eigenvalue weighted by Gasteiger charge is 2.21. The fourth-order valence-corrected chi connectivity index (χ4v) is 2.61. The second-order valence-corrected chi connectivity index (χ2v) is 6.68. The van der Waals surface area contributed by atoms with E-state index < -0.39 is 12.1 Å². The molecule has 2 rings (SSSR count). The largest absolute Gasteiger partial charge is 0.507 e. The zero-order chi connectivity index (χ0) is 18.4. The van der Waals surface area contributed by atoms with E-state index in [-0.39, 0.29) is 23.1 Å². The summed E-state index contributed by atoms with van der Waals surface area (Å²) in [5.41, 5.74) is 1.12. The first kappa shape index (κ1) is 19.0. The lowest BCUT2D eigenvalue weighted by Crippen LogP contribution is -2.37. The molecular formula is C19H20BrNO4. The van der Waals surface area contributed by atoms with E-state index in [0.717, 1.165) is 5.56 Å². The highest BCUT2D eigenvalue weighted by atomic mass is 79.9. The van der Waals surface area contributed by atoms with Gasteiger partial charge in [-0.3, -0.25) is 4.79 Å². The minimum Gasteiger partial charge on any atom is -0.507 e. The number of aromatic hydroxyl groups is 1. The Morgan fingerprint density at radius 3 is 2.52 bits per heavy atom. The van der Waals surface area contributed by atoms with Gasteiger partial charge >= 0.3 is 5.97 Å². The second-order valence-electron chi connectivity index (χ2n) is 5.77. The van der Waals surface area contributed by atoms with Crippen LogP contribution in [0.5, 0.6) is 5.75 Å². The molecule has 0 bridgehead atoms.